The summed E-state index contributed by atoms with van der Waals surface area (Å²) in [5.74, 6) is -1.01. The predicted molar refractivity (Wildman–Crippen MR) is 133 cm³/mol. The van der Waals surface area contributed by atoms with E-state index in [2.05, 4.69) is 5.32 Å². The zero-order chi connectivity index (χ0) is 24.9. The maximum absolute atomic E-state index is 12.9. The molecule has 0 aromatic heterocycles. The summed E-state index contributed by atoms with van der Waals surface area (Å²) in [5, 5.41) is 2.90. The summed E-state index contributed by atoms with van der Waals surface area (Å²) in [6.45, 7) is 2.24. The highest BCUT2D eigenvalue weighted by Gasteiger charge is 2.37. The minimum Gasteiger partial charge on any atom is -0.376 e. The monoisotopic (exact) mass is 484 g/mol. The molecule has 3 aromatic rings. The molecule has 1 saturated heterocycles. The number of ether oxygens (including phenoxy) is 2. The van der Waals surface area contributed by atoms with E-state index in [1.54, 1.807) is 12.1 Å². The van der Waals surface area contributed by atoms with Gasteiger partial charge in [-0.05, 0) is 47.7 Å². The van der Waals surface area contributed by atoms with Gasteiger partial charge in [-0.3, -0.25) is 19.3 Å². The number of imide groups is 1. The van der Waals surface area contributed by atoms with Gasteiger partial charge < -0.3 is 14.8 Å². The fraction of sp³-hybridized carbons (Fsp3) is 0.276. The lowest BCUT2D eigenvalue weighted by Crippen LogP contribution is -2.36. The van der Waals surface area contributed by atoms with Crippen molar-refractivity contribution in [1.82, 2.24) is 10.2 Å². The minimum atomic E-state index is -0.372. The molecule has 1 N–H and O–H groups in total. The first kappa shape index (κ1) is 23.9. The van der Waals surface area contributed by atoms with Crippen LogP contribution < -0.4 is 5.32 Å². The van der Waals surface area contributed by atoms with E-state index in [-0.39, 0.29) is 35.9 Å². The Labute approximate surface area is 210 Å². The topological polar surface area (TPSA) is 84.9 Å². The summed E-state index contributed by atoms with van der Waals surface area (Å²) < 4.78 is 11.4. The third kappa shape index (κ3) is 5.37. The lowest BCUT2D eigenvalue weighted by molar-refractivity contribution is 0.0475. The van der Waals surface area contributed by atoms with Gasteiger partial charge in [0.25, 0.3) is 17.7 Å². The van der Waals surface area contributed by atoms with Crippen molar-refractivity contribution in [2.75, 3.05) is 13.2 Å². The Morgan fingerprint density at radius 3 is 2.44 bits per heavy atom. The maximum atomic E-state index is 12.9. The number of amides is 3. The van der Waals surface area contributed by atoms with Gasteiger partial charge in [0.1, 0.15) is 0 Å². The van der Waals surface area contributed by atoms with Crippen LogP contribution in [0, 0.1) is 0 Å². The molecule has 5 rings (SSSR count). The highest BCUT2D eigenvalue weighted by atomic mass is 16.5. The number of nitrogens with one attached hydrogen (secondary N) is 1. The van der Waals surface area contributed by atoms with Crippen molar-refractivity contribution in [3.05, 3.63) is 106 Å². The van der Waals surface area contributed by atoms with Gasteiger partial charge in [0.05, 0.1) is 37.0 Å². The molecule has 2 heterocycles. The number of carbonyl (C=O) groups is 3. The largest absolute Gasteiger partial charge is 0.376 e. The van der Waals surface area contributed by atoms with Crippen molar-refractivity contribution in [3.63, 3.8) is 0 Å². The first-order chi connectivity index (χ1) is 17.6. The highest BCUT2D eigenvalue weighted by Crippen LogP contribution is 2.26. The quantitative estimate of drug-likeness (QED) is 0.462. The average Bonchev–Trinajstić information content (AvgIpc) is 3.51. The number of benzene rings is 3. The summed E-state index contributed by atoms with van der Waals surface area (Å²) in [7, 11) is 0. The molecule has 2 aliphatic heterocycles. The predicted octanol–water partition coefficient (Wildman–Crippen LogP) is 4.11. The number of nitrogens with zero attached hydrogens (tertiary/aromatic N) is 1. The Hall–Kier alpha value is -3.81. The molecule has 0 radical (unpaired) electrons. The number of rotatable bonds is 9. The Morgan fingerprint density at radius 1 is 0.889 bits per heavy atom. The van der Waals surface area contributed by atoms with E-state index >= 15 is 0 Å². The van der Waals surface area contributed by atoms with Crippen molar-refractivity contribution >= 4 is 17.7 Å². The molecule has 0 saturated carbocycles. The fourth-order valence-electron chi connectivity index (χ4n) is 4.56. The van der Waals surface area contributed by atoms with Crippen LogP contribution in [0.25, 0.3) is 0 Å². The van der Waals surface area contributed by atoms with E-state index in [4.69, 9.17) is 9.47 Å². The SMILES string of the molecule is O=C(NCc1cccc(COCc2ccccc2)c1)c1ccc2c(c1)C(=O)N(CC1CCCO1)C2=O. The van der Waals surface area contributed by atoms with E-state index in [1.165, 1.54) is 11.0 Å². The van der Waals surface area contributed by atoms with Gasteiger partial charge in [-0.15, -0.1) is 0 Å². The second-order valence-corrected chi connectivity index (χ2v) is 9.10. The van der Waals surface area contributed by atoms with Crippen LogP contribution in [0.5, 0.6) is 0 Å². The van der Waals surface area contributed by atoms with E-state index < -0.39 is 0 Å². The molecule has 1 unspecified atom stereocenters. The van der Waals surface area contributed by atoms with Crippen molar-refractivity contribution in [3.8, 4) is 0 Å². The molecule has 0 aliphatic carbocycles. The Bertz CT molecular complexity index is 1270. The zero-order valence-corrected chi connectivity index (χ0v) is 19.9. The summed E-state index contributed by atoms with van der Waals surface area (Å²) >= 11 is 0. The van der Waals surface area contributed by atoms with Crippen LogP contribution in [0.2, 0.25) is 0 Å². The third-order valence-electron chi connectivity index (χ3n) is 6.47. The molecular formula is C29H28N2O5. The summed E-state index contributed by atoms with van der Waals surface area (Å²) in [5.41, 5.74) is 4.02. The van der Waals surface area contributed by atoms with Gasteiger partial charge in [-0.2, -0.15) is 0 Å². The average molecular weight is 485 g/mol. The van der Waals surface area contributed by atoms with Crippen molar-refractivity contribution in [2.45, 2.75) is 38.7 Å². The van der Waals surface area contributed by atoms with Gasteiger partial charge in [-0.1, -0.05) is 54.6 Å². The van der Waals surface area contributed by atoms with E-state index in [9.17, 15) is 14.4 Å². The standard InChI is InChI=1S/C29H28N2O5/c32-27(30-16-21-8-4-9-22(14-21)19-35-18-20-6-2-1-3-7-20)23-11-12-25-26(15-23)29(34)31(28(25)33)17-24-10-5-13-36-24/h1-4,6-9,11-12,14-15,24H,5,10,13,16-19H2,(H,30,32). The van der Waals surface area contributed by atoms with Gasteiger partial charge in [-0.25, -0.2) is 0 Å². The number of fused-ring (bicyclic) bond motifs is 1. The molecule has 0 spiro atoms. The smallest absolute Gasteiger partial charge is 0.261 e. The van der Waals surface area contributed by atoms with E-state index in [0.717, 1.165) is 29.5 Å². The highest BCUT2D eigenvalue weighted by molar-refractivity contribution is 6.22. The molecule has 2 aliphatic rings. The lowest BCUT2D eigenvalue weighted by Gasteiger charge is -2.17. The van der Waals surface area contributed by atoms with E-state index in [1.807, 2.05) is 54.6 Å². The second kappa shape index (κ2) is 10.8. The van der Waals surface area contributed by atoms with Crippen molar-refractivity contribution in [1.29, 1.82) is 0 Å². The van der Waals surface area contributed by atoms with Crippen LogP contribution in [-0.2, 0) is 29.2 Å². The summed E-state index contributed by atoms with van der Waals surface area (Å²) in [6.07, 6.45) is 1.65. The van der Waals surface area contributed by atoms with Crippen LogP contribution >= 0.6 is 0 Å². The normalized spacial score (nSPS) is 16.9. The molecule has 184 valence electrons. The van der Waals surface area contributed by atoms with Crippen LogP contribution in [0.4, 0.5) is 0 Å². The number of hydrogen-bond donors (Lipinski definition) is 1. The van der Waals surface area contributed by atoms with Crippen LogP contribution in [-0.4, -0.2) is 41.9 Å². The molecular weight excluding hydrogens is 456 g/mol. The van der Waals surface area contributed by atoms with Gasteiger partial charge in [0.15, 0.2) is 0 Å². The Kier molecular flexibility index (Phi) is 7.21. The maximum Gasteiger partial charge on any atom is 0.261 e. The first-order valence-corrected chi connectivity index (χ1v) is 12.2. The summed E-state index contributed by atoms with van der Waals surface area (Å²) in [6, 6.07) is 22.5. The molecule has 3 aromatic carbocycles. The van der Waals surface area contributed by atoms with Gasteiger partial charge >= 0.3 is 0 Å². The van der Waals surface area contributed by atoms with Crippen LogP contribution in [0.15, 0.2) is 72.8 Å². The molecule has 36 heavy (non-hydrogen) atoms. The molecule has 3 amide bonds. The second-order valence-electron chi connectivity index (χ2n) is 9.10. The summed E-state index contributed by atoms with van der Waals surface area (Å²) in [4.78, 5) is 39.6. The van der Waals surface area contributed by atoms with Crippen LogP contribution in [0.3, 0.4) is 0 Å². The zero-order valence-electron chi connectivity index (χ0n) is 19.9. The van der Waals surface area contributed by atoms with Gasteiger partial charge in [0, 0.05) is 18.7 Å². The Balaban J connectivity index is 1.17. The van der Waals surface area contributed by atoms with Crippen molar-refractivity contribution < 1.29 is 23.9 Å². The molecule has 7 heteroatoms. The van der Waals surface area contributed by atoms with E-state index in [0.29, 0.717) is 37.5 Å². The molecule has 1 atom stereocenters. The number of hydrogen-bond acceptors (Lipinski definition) is 5. The molecule has 0 bridgehead atoms. The number of carbonyl (C=O) groups excluding carboxylic acids is 3. The van der Waals surface area contributed by atoms with Gasteiger partial charge in [0.2, 0.25) is 0 Å². The lowest BCUT2D eigenvalue weighted by atomic mass is 10.1. The Morgan fingerprint density at radius 2 is 1.64 bits per heavy atom. The first-order valence-electron chi connectivity index (χ1n) is 12.2. The van der Waals surface area contributed by atoms with Crippen LogP contribution in [0.1, 0.15) is 60.6 Å². The third-order valence-corrected chi connectivity index (χ3v) is 6.47. The van der Waals surface area contributed by atoms with Crippen molar-refractivity contribution in [2.24, 2.45) is 0 Å². The molecule has 7 nitrogen and oxygen atoms in total. The minimum absolute atomic E-state index is 0.116. The molecule has 1 fully saturated rings. The fourth-order valence-corrected chi connectivity index (χ4v) is 4.56.